The summed E-state index contributed by atoms with van der Waals surface area (Å²) in [6, 6.07) is 2.08. The molecule has 0 spiro atoms. The average molecular weight is 194 g/mol. The minimum Gasteiger partial charge on any atom is -0.270 e. The fraction of sp³-hybridized carbons (Fsp3) is 0.750. The molecule has 14 heavy (non-hydrogen) atoms. The van der Waals surface area contributed by atoms with Gasteiger partial charge < -0.3 is 0 Å². The average Bonchev–Trinajstić information content (AvgIpc) is 2.59. The molecular weight excluding hydrogens is 172 g/mol. The summed E-state index contributed by atoms with van der Waals surface area (Å²) in [5.74, 6) is 0.800. The van der Waals surface area contributed by atoms with Gasteiger partial charge in [-0.3, -0.25) is 4.68 Å². The Morgan fingerprint density at radius 2 is 2.21 bits per heavy atom. The molecule has 0 fully saturated rings. The molecule has 0 saturated carbocycles. The molecule has 1 aromatic heterocycles. The van der Waals surface area contributed by atoms with Crippen molar-refractivity contribution in [1.29, 1.82) is 0 Å². The van der Waals surface area contributed by atoms with Crippen LogP contribution in [0.5, 0.6) is 0 Å². The second kappa shape index (κ2) is 5.84. The van der Waals surface area contributed by atoms with Crippen LogP contribution in [-0.2, 0) is 6.54 Å². The highest BCUT2D eigenvalue weighted by molar-refractivity contribution is 4.96. The van der Waals surface area contributed by atoms with Crippen molar-refractivity contribution in [1.82, 2.24) is 9.78 Å². The summed E-state index contributed by atoms with van der Waals surface area (Å²) in [6.45, 7) is 7.75. The van der Waals surface area contributed by atoms with Crippen molar-refractivity contribution >= 4 is 0 Å². The smallest absolute Gasteiger partial charge is 0.0492 e. The van der Waals surface area contributed by atoms with Crippen molar-refractivity contribution < 1.29 is 0 Å². The van der Waals surface area contributed by atoms with Crippen LogP contribution in [0.2, 0.25) is 0 Å². The summed E-state index contributed by atoms with van der Waals surface area (Å²) in [7, 11) is 0. The van der Waals surface area contributed by atoms with Gasteiger partial charge in [-0.05, 0) is 25.3 Å². The van der Waals surface area contributed by atoms with Gasteiger partial charge in [0, 0.05) is 18.4 Å². The molecule has 1 unspecified atom stereocenters. The van der Waals surface area contributed by atoms with Gasteiger partial charge in [0.25, 0.3) is 0 Å². The van der Waals surface area contributed by atoms with Crippen LogP contribution in [-0.4, -0.2) is 9.78 Å². The quantitative estimate of drug-likeness (QED) is 0.678. The summed E-state index contributed by atoms with van der Waals surface area (Å²) < 4.78 is 2.13. The first kappa shape index (κ1) is 11.3. The minimum absolute atomic E-state index is 0.800. The molecule has 0 aliphatic rings. The molecule has 1 heterocycles. The SMILES string of the molecule is CCCCC(CC)Cn1nccc1C. The lowest BCUT2D eigenvalue weighted by molar-refractivity contribution is 0.368. The normalized spacial score (nSPS) is 13.1. The Morgan fingerprint density at radius 3 is 2.71 bits per heavy atom. The van der Waals surface area contributed by atoms with Crippen LogP contribution in [0.3, 0.4) is 0 Å². The summed E-state index contributed by atoms with van der Waals surface area (Å²) in [6.07, 6.45) is 7.14. The lowest BCUT2D eigenvalue weighted by atomic mass is 9.99. The number of hydrogen-bond donors (Lipinski definition) is 0. The molecular formula is C12H22N2. The second-order valence-electron chi connectivity index (χ2n) is 4.07. The van der Waals surface area contributed by atoms with Gasteiger partial charge in [-0.1, -0.05) is 33.1 Å². The summed E-state index contributed by atoms with van der Waals surface area (Å²) >= 11 is 0. The largest absolute Gasteiger partial charge is 0.270 e. The van der Waals surface area contributed by atoms with E-state index in [-0.39, 0.29) is 0 Å². The minimum atomic E-state index is 0.800. The van der Waals surface area contributed by atoms with Gasteiger partial charge in [0.2, 0.25) is 0 Å². The summed E-state index contributed by atoms with van der Waals surface area (Å²) in [4.78, 5) is 0. The van der Waals surface area contributed by atoms with E-state index < -0.39 is 0 Å². The highest BCUT2D eigenvalue weighted by Gasteiger charge is 2.07. The lowest BCUT2D eigenvalue weighted by Gasteiger charge is -2.15. The van der Waals surface area contributed by atoms with Crippen molar-refractivity contribution in [2.75, 3.05) is 0 Å². The van der Waals surface area contributed by atoms with Gasteiger partial charge in [0.05, 0.1) is 0 Å². The molecule has 0 aliphatic heterocycles. The topological polar surface area (TPSA) is 17.8 Å². The van der Waals surface area contributed by atoms with Crippen LogP contribution >= 0.6 is 0 Å². The number of nitrogens with zero attached hydrogens (tertiary/aromatic N) is 2. The van der Waals surface area contributed by atoms with E-state index >= 15 is 0 Å². The maximum absolute atomic E-state index is 4.33. The Labute approximate surface area is 87.3 Å². The van der Waals surface area contributed by atoms with Gasteiger partial charge in [0.15, 0.2) is 0 Å². The molecule has 0 saturated heterocycles. The van der Waals surface area contributed by atoms with Gasteiger partial charge in [0.1, 0.15) is 0 Å². The summed E-state index contributed by atoms with van der Waals surface area (Å²) in [5, 5.41) is 4.33. The monoisotopic (exact) mass is 194 g/mol. The molecule has 80 valence electrons. The van der Waals surface area contributed by atoms with Crippen LogP contribution in [0, 0.1) is 12.8 Å². The highest BCUT2D eigenvalue weighted by Crippen LogP contribution is 2.15. The molecule has 0 amide bonds. The number of rotatable bonds is 6. The zero-order chi connectivity index (χ0) is 10.4. The van der Waals surface area contributed by atoms with E-state index in [1.165, 1.54) is 31.4 Å². The van der Waals surface area contributed by atoms with E-state index in [0.29, 0.717) is 0 Å². The molecule has 0 N–H and O–H groups in total. The lowest BCUT2D eigenvalue weighted by Crippen LogP contribution is -2.12. The Balaban J connectivity index is 2.44. The van der Waals surface area contributed by atoms with Crippen molar-refractivity contribution in [3.8, 4) is 0 Å². The van der Waals surface area contributed by atoms with E-state index in [1.54, 1.807) is 0 Å². The standard InChI is InChI=1S/C12H22N2/c1-4-6-7-12(5-2)10-14-11(3)8-9-13-14/h8-9,12H,4-7,10H2,1-3H3. The Bertz CT molecular complexity index is 253. The maximum Gasteiger partial charge on any atom is 0.0492 e. The van der Waals surface area contributed by atoms with Gasteiger partial charge in [-0.25, -0.2) is 0 Å². The third-order valence-corrected chi connectivity index (χ3v) is 2.90. The van der Waals surface area contributed by atoms with Gasteiger partial charge in [-0.15, -0.1) is 0 Å². The molecule has 0 radical (unpaired) electrons. The molecule has 2 nitrogen and oxygen atoms in total. The number of unbranched alkanes of at least 4 members (excludes halogenated alkanes) is 1. The first-order chi connectivity index (χ1) is 6.77. The fourth-order valence-corrected chi connectivity index (χ4v) is 1.75. The van der Waals surface area contributed by atoms with Crippen LogP contribution < -0.4 is 0 Å². The third kappa shape index (κ3) is 3.17. The van der Waals surface area contributed by atoms with Crippen molar-refractivity contribution in [2.45, 2.75) is 53.0 Å². The first-order valence-electron chi connectivity index (χ1n) is 5.76. The number of aryl methyl sites for hydroxylation is 1. The first-order valence-corrected chi connectivity index (χ1v) is 5.76. The molecule has 1 aromatic rings. The van der Waals surface area contributed by atoms with Crippen LogP contribution in [0.25, 0.3) is 0 Å². The second-order valence-corrected chi connectivity index (χ2v) is 4.07. The Hall–Kier alpha value is -0.790. The van der Waals surface area contributed by atoms with Crippen molar-refractivity contribution in [3.05, 3.63) is 18.0 Å². The Kier molecular flexibility index (Phi) is 4.71. The maximum atomic E-state index is 4.33. The third-order valence-electron chi connectivity index (χ3n) is 2.90. The molecule has 2 heteroatoms. The predicted molar refractivity (Wildman–Crippen MR) is 60.3 cm³/mol. The fourth-order valence-electron chi connectivity index (χ4n) is 1.75. The summed E-state index contributed by atoms with van der Waals surface area (Å²) in [5.41, 5.74) is 1.28. The number of hydrogen-bond acceptors (Lipinski definition) is 1. The van der Waals surface area contributed by atoms with E-state index in [0.717, 1.165) is 12.5 Å². The van der Waals surface area contributed by atoms with Crippen molar-refractivity contribution in [3.63, 3.8) is 0 Å². The molecule has 1 atom stereocenters. The predicted octanol–water partition coefficient (Wildman–Crippen LogP) is 3.41. The van der Waals surface area contributed by atoms with E-state index in [2.05, 4.69) is 36.6 Å². The zero-order valence-corrected chi connectivity index (χ0v) is 9.66. The molecule has 0 aliphatic carbocycles. The van der Waals surface area contributed by atoms with Gasteiger partial charge in [-0.2, -0.15) is 5.10 Å². The van der Waals surface area contributed by atoms with Crippen LogP contribution in [0.4, 0.5) is 0 Å². The van der Waals surface area contributed by atoms with E-state index in [4.69, 9.17) is 0 Å². The Morgan fingerprint density at radius 1 is 1.43 bits per heavy atom. The molecule has 0 aromatic carbocycles. The zero-order valence-electron chi connectivity index (χ0n) is 9.66. The van der Waals surface area contributed by atoms with Crippen LogP contribution in [0.1, 0.15) is 45.2 Å². The van der Waals surface area contributed by atoms with Gasteiger partial charge >= 0.3 is 0 Å². The van der Waals surface area contributed by atoms with E-state index in [9.17, 15) is 0 Å². The van der Waals surface area contributed by atoms with Crippen molar-refractivity contribution in [2.24, 2.45) is 5.92 Å². The van der Waals surface area contributed by atoms with E-state index in [1.807, 2.05) is 6.20 Å². The molecule has 0 bridgehead atoms. The highest BCUT2D eigenvalue weighted by atomic mass is 15.3. The van der Waals surface area contributed by atoms with Crippen LogP contribution in [0.15, 0.2) is 12.3 Å². The molecule has 1 rings (SSSR count). The number of aromatic nitrogens is 2.